The first-order chi connectivity index (χ1) is 7.69. The average Bonchev–Trinajstić information content (AvgIpc) is 2.63. The van der Waals surface area contributed by atoms with Gasteiger partial charge in [-0.15, -0.1) is 0 Å². The predicted molar refractivity (Wildman–Crippen MR) is 58.8 cm³/mol. The van der Waals surface area contributed by atoms with Crippen LogP contribution >= 0.6 is 0 Å². The number of methoxy groups -OCH3 is 1. The fourth-order valence-electron chi connectivity index (χ4n) is 1.64. The van der Waals surface area contributed by atoms with Crippen molar-refractivity contribution in [2.45, 2.75) is 0 Å². The van der Waals surface area contributed by atoms with Gasteiger partial charge in [0.05, 0.1) is 18.2 Å². The molecule has 2 rings (SSSR count). The number of nitrogens with zero attached hydrogens (tertiary/aromatic N) is 1. The van der Waals surface area contributed by atoms with Crippen LogP contribution in [-0.4, -0.2) is 18.1 Å². The van der Waals surface area contributed by atoms with Crippen LogP contribution in [0.4, 0.5) is 5.82 Å². The molecule has 0 saturated heterocycles. The molecule has 0 spiro atoms. The molecule has 1 aromatic heterocycles. The third kappa shape index (κ3) is 1.28. The number of rotatable bonds is 1. The van der Waals surface area contributed by atoms with E-state index >= 15 is 0 Å². The molecule has 1 heterocycles. The number of nitriles is 1. The van der Waals surface area contributed by atoms with Crippen molar-refractivity contribution in [3.63, 3.8) is 0 Å². The minimum atomic E-state index is -0.462. The zero-order chi connectivity index (χ0) is 11.7. The first kappa shape index (κ1) is 10.1. The molecule has 0 fully saturated rings. The lowest BCUT2D eigenvalue weighted by molar-refractivity contribution is 0.0603. The summed E-state index contributed by atoms with van der Waals surface area (Å²) in [6.07, 6.45) is 0. The summed E-state index contributed by atoms with van der Waals surface area (Å²) in [6.45, 7) is 0. The van der Waals surface area contributed by atoms with Crippen molar-refractivity contribution in [2.24, 2.45) is 0 Å². The monoisotopic (exact) mass is 215 g/mol. The molecular formula is C11H9N3O2. The van der Waals surface area contributed by atoms with Crippen molar-refractivity contribution in [1.29, 1.82) is 5.26 Å². The van der Waals surface area contributed by atoms with Crippen LogP contribution in [-0.2, 0) is 4.74 Å². The number of esters is 1. The Bertz CT molecular complexity index is 607. The Kier molecular flexibility index (Phi) is 2.25. The number of anilines is 1. The van der Waals surface area contributed by atoms with Crippen molar-refractivity contribution in [1.82, 2.24) is 4.98 Å². The highest BCUT2D eigenvalue weighted by Gasteiger charge is 2.15. The highest BCUT2D eigenvalue weighted by molar-refractivity contribution is 6.06. The van der Waals surface area contributed by atoms with E-state index in [9.17, 15) is 4.79 Å². The topological polar surface area (TPSA) is 91.9 Å². The molecule has 5 nitrogen and oxygen atoms in total. The second-order valence-corrected chi connectivity index (χ2v) is 3.25. The summed E-state index contributed by atoms with van der Waals surface area (Å²) in [5, 5.41) is 9.55. The first-order valence-electron chi connectivity index (χ1n) is 4.57. The van der Waals surface area contributed by atoms with E-state index in [0.29, 0.717) is 22.0 Å². The molecule has 16 heavy (non-hydrogen) atoms. The number of aromatic amines is 1. The Morgan fingerprint density at radius 2 is 2.31 bits per heavy atom. The van der Waals surface area contributed by atoms with Crippen molar-refractivity contribution < 1.29 is 9.53 Å². The number of para-hydroxylation sites is 1. The van der Waals surface area contributed by atoms with E-state index in [2.05, 4.69) is 9.72 Å². The first-order valence-corrected chi connectivity index (χ1v) is 4.57. The van der Waals surface area contributed by atoms with Gasteiger partial charge in [-0.05, 0) is 6.07 Å². The third-order valence-corrected chi connectivity index (χ3v) is 2.38. The summed E-state index contributed by atoms with van der Waals surface area (Å²) in [4.78, 5) is 14.3. The molecule has 5 heteroatoms. The second-order valence-electron chi connectivity index (χ2n) is 3.25. The van der Waals surface area contributed by atoms with Gasteiger partial charge in [0.15, 0.2) is 0 Å². The lowest BCUT2D eigenvalue weighted by atomic mass is 10.1. The number of nitrogen functional groups attached to an aromatic ring is 1. The minimum Gasteiger partial charge on any atom is -0.465 e. The van der Waals surface area contributed by atoms with Crippen LogP contribution in [0.1, 0.15) is 15.9 Å². The van der Waals surface area contributed by atoms with Gasteiger partial charge in [-0.25, -0.2) is 4.79 Å². The van der Waals surface area contributed by atoms with E-state index < -0.39 is 5.97 Å². The maximum Gasteiger partial charge on any atom is 0.339 e. The van der Waals surface area contributed by atoms with Crippen LogP contribution in [0.2, 0.25) is 0 Å². The molecule has 80 valence electrons. The van der Waals surface area contributed by atoms with Gasteiger partial charge in [0, 0.05) is 5.39 Å². The van der Waals surface area contributed by atoms with Crippen molar-refractivity contribution in [3.8, 4) is 6.07 Å². The smallest absolute Gasteiger partial charge is 0.339 e. The summed E-state index contributed by atoms with van der Waals surface area (Å²) >= 11 is 0. The van der Waals surface area contributed by atoms with Gasteiger partial charge in [0.1, 0.15) is 17.5 Å². The lowest BCUT2D eigenvalue weighted by Gasteiger charge is -1.99. The molecule has 0 unspecified atom stereocenters. The maximum absolute atomic E-state index is 11.5. The van der Waals surface area contributed by atoms with Crippen molar-refractivity contribution in [3.05, 3.63) is 29.3 Å². The normalized spacial score (nSPS) is 10.0. The Labute approximate surface area is 91.4 Å². The minimum absolute atomic E-state index is 0.258. The fourth-order valence-corrected chi connectivity index (χ4v) is 1.64. The number of carbonyl (C=O) groups is 1. The zero-order valence-corrected chi connectivity index (χ0v) is 8.57. The standard InChI is InChI=1S/C11H9N3O2/c1-16-11(15)7-4-2-3-6-8(5-12)10(13)14-9(6)7/h2-4,14H,13H2,1H3. The average molecular weight is 215 g/mol. The highest BCUT2D eigenvalue weighted by Crippen LogP contribution is 2.26. The third-order valence-electron chi connectivity index (χ3n) is 2.38. The number of fused-ring (bicyclic) bond motifs is 1. The SMILES string of the molecule is COC(=O)c1cccc2c(C#N)c(N)[nH]c12. The number of H-pyrrole nitrogens is 1. The van der Waals surface area contributed by atoms with Crippen LogP contribution in [0.25, 0.3) is 10.9 Å². The molecular weight excluding hydrogens is 206 g/mol. The number of nitrogens with one attached hydrogen (secondary N) is 1. The molecule has 0 amide bonds. The quantitative estimate of drug-likeness (QED) is 0.703. The molecule has 0 saturated carbocycles. The Hall–Kier alpha value is -2.48. The number of hydrogen-bond acceptors (Lipinski definition) is 4. The van der Waals surface area contributed by atoms with E-state index in [4.69, 9.17) is 11.0 Å². The molecule has 0 aliphatic heterocycles. The van der Waals surface area contributed by atoms with Crippen molar-refractivity contribution >= 4 is 22.7 Å². The van der Waals surface area contributed by atoms with Crippen LogP contribution in [0.3, 0.4) is 0 Å². The van der Waals surface area contributed by atoms with E-state index in [1.165, 1.54) is 7.11 Å². The molecule has 2 aromatic rings. The molecule has 1 aromatic carbocycles. The fraction of sp³-hybridized carbons (Fsp3) is 0.0909. The van der Waals surface area contributed by atoms with Crippen LogP contribution < -0.4 is 5.73 Å². The van der Waals surface area contributed by atoms with E-state index in [1.54, 1.807) is 18.2 Å². The van der Waals surface area contributed by atoms with Gasteiger partial charge in [0.2, 0.25) is 0 Å². The van der Waals surface area contributed by atoms with E-state index in [-0.39, 0.29) is 5.82 Å². The van der Waals surface area contributed by atoms with Crippen LogP contribution in [0, 0.1) is 11.3 Å². The molecule has 0 aliphatic carbocycles. The number of ether oxygens (including phenoxy) is 1. The largest absolute Gasteiger partial charge is 0.465 e. The number of aromatic nitrogens is 1. The summed E-state index contributed by atoms with van der Waals surface area (Å²) in [5.74, 6) is -0.204. The summed E-state index contributed by atoms with van der Waals surface area (Å²) in [7, 11) is 1.30. The predicted octanol–water partition coefficient (Wildman–Crippen LogP) is 1.41. The summed E-state index contributed by atoms with van der Waals surface area (Å²) < 4.78 is 4.64. The van der Waals surface area contributed by atoms with Gasteiger partial charge in [0.25, 0.3) is 0 Å². The summed E-state index contributed by atoms with van der Waals surface area (Å²) in [6, 6.07) is 7.02. The lowest BCUT2D eigenvalue weighted by Crippen LogP contribution is -2.01. The summed E-state index contributed by atoms with van der Waals surface area (Å²) in [5.41, 5.74) is 6.89. The molecule has 0 radical (unpaired) electrons. The highest BCUT2D eigenvalue weighted by atomic mass is 16.5. The van der Waals surface area contributed by atoms with Gasteiger partial charge in [-0.1, -0.05) is 12.1 Å². The van der Waals surface area contributed by atoms with Crippen LogP contribution in [0.5, 0.6) is 0 Å². The molecule has 0 aliphatic rings. The second kappa shape index (κ2) is 3.59. The Morgan fingerprint density at radius 1 is 1.56 bits per heavy atom. The van der Waals surface area contributed by atoms with Gasteiger partial charge in [-0.2, -0.15) is 5.26 Å². The number of carbonyl (C=O) groups excluding carboxylic acids is 1. The molecule has 0 bridgehead atoms. The van der Waals surface area contributed by atoms with Crippen molar-refractivity contribution in [2.75, 3.05) is 12.8 Å². The molecule has 0 atom stereocenters. The number of hydrogen-bond donors (Lipinski definition) is 2. The van der Waals surface area contributed by atoms with Gasteiger partial charge >= 0.3 is 5.97 Å². The van der Waals surface area contributed by atoms with Gasteiger partial charge in [-0.3, -0.25) is 0 Å². The maximum atomic E-state index is 11.5. The van der Waals surface area contributed by atoms with E-state index in [1.807, 2.05) is 6.07 Å². The van der Waals surface area contributed by atoms with Crippen LogP contribution in [0.15, 0.2) is 18.2 Å². The Balaban J connectivity index is 2.81. The number of benzene rings is 1. The molecule has 3 N–H and O–H groups in total. The number of nitrogens with two attached hydrogens (primary N) is 1. The van der Waals surface area contributed by atoms with E-state index in [0.717, 1.165) is 0 Å². The Morgan fingerprint density at radius 3 is 2.94 bits per heavy atom. The zero-order valence-electron chi connectivity index (χ0n) is 8.57. The van der Waals surface area contributed by atoms with Gasteiger partial charge < -0.3 is 15.5 Å².